The number of benzene rings is 1. The topological polar surface area (TPSA) is 148 Å². The maximum Gasteiger partial charge on any atom is 0.325 e. The number of carbonyl (C=O) groups is 4. The number of aliphatic carboxylic acids is 1. The number of carbonyl (C=O) groups excluding carboxylic acids is 3. The maximum absolute atomic E-state index is 13.3. The van der Waals surface area contributed by atoms with Gasteiger partial charge in [0, 0.05) is 6.42 Å². The number of nitrogens with one attached hydrogen (secondary N) is 2. The summed E-state index contributed by atoms with van der Waals surface area (Å²) in [4.78, 5) is 50.5. The van der Waals surface area contributed by atoms with Crippen molar-refractivity contribution in [2.75, 3.05) is 0 Å². The van der Waals surface area contributed by atoms with Crippen LogP contribution in [0.15, 0.2) is 24.3 Å². The zero-order chi connectivity index (χ0) is 30.9. The summed E-state index contributed by atoms with van der Waals surface area (Å²) in [6.45, 7) is 11.3. The number of rotatable bonds is 20. The summed E-state index contributed by atoms with van der Waals surface area (Å²) in [5, 5.41) is 14.5. The number of hydrogen-bond acceptors (Lipinski definition) is 6. The van der Waals surface area contributed by atoms with Crippen LogP contribution in [-0.2, 0) is 30.3 Å². The summed E-state index contributed by atoms with van der Waals surface area (Å²) in [5.74, 6) is -2.91. The van der Waals surface area contributed by atoms with Gasteiger partial charge in [-0.2, -0.15) is 0 Å². The molecule has 0 bridgehead atoms. The molecule has 0 aromatic heterocycles. The molecule has 0 aliphatic carbocycles. The molecule has 41 heavy (non-hydrogen) atoms. The molecule has 9 nitrogen and oxygen atoms in total. The van der Waals surface area contributed by atoms with Gasteiger partial charge in [-0.15, -0.1) is 0 Å². The van der Waals surface area contributed by atoms with Gasteiger partial charge in [-0.05, 0) is 37.7 Å². The molecule has 232 valence electrons. The number of aryl methyl sites for hydroxylation is 1. The van der Waals surface area contributed by atoms with Gasteiger partial charge in [0.1, 0.15) is 24.2 Å². The Bertz CT molecular complexity index is 951. The van der Waals surface area contributed by atoms with Crippen molar-refractivity contribution in [3.05, 3.63) is 35.4 Å². The molecule has 0 saturated heterocycles. The van der Waals surface area contributed by atoms with Crippen LogP contribution < -0.4 is 16.4 Å². The highest BCUT2D eigenvalue weighted by Crippen LogP contribution is 2.21. The second-order valence-electron chi connectivity index (χ2n) is 11.5. The number of hydrogen-bond donors (Lipinski definition) is 4. The second kappa shape index (κ2) is 19.2. The number of carboxylic acid groups (broad SMARTS) is 1. The van der Waals surface area contributed by atoms with Crippen LogP contribution in [0.4, 0.5) is 0 Å². The Kier molecular flexibility index (Phi) is 16.9. The van der Waals surface area contributed by atoms with Crippen molar-refractivity contribution >= 4 is 23.8 Å². The zero-order valence-electron chi connectivity index (χ0n) is 25.9. The molecular formula is C32H53N3O6. The Morgan fingerprint density at radius 3 is 2.10 bits per heavy atom. The van der Waals surface area contributed by atoms with Gasteiger partial charge in [-0.1, -0.05) is 102 Å². The van der Waals surface area contributed by atoms with Crippen LogP contribution in [0.3, 0.4) is 0 Å². The fourth-order valence-electron chi connectivity index (χ4n) is 4.49. The van der Waals surface area contributed by atoms with Crippen molar-refractivity contribution in [2.45, 2.75) is 130 Å². The van der Waals surface area contributed by atoms with Crippen molar-refractivity contribution < 1.29 is 29.0 Å². The molecule has 1 aromatic rings. The largest absolute Gasteiger partial charge is 0.480 e. The van der Waals surface area contributed by atoms with E-state index in [1.807, 2.05) is 52.0 Å². The second-order valence-corrected chi connectivity index (χ2v) is 11.5. The van der Waals surface area contributed by atoms with E-state index in [1.54, 1.807) is 0 Å². The minimum absolute atomic E-state index is 0.0651. The Labute approximate surface area is 246 Å². The van der Waals surface area contributed by atoms with Crippen molar-refractivity contribution in [3.8, 4) is 0 Å². The molecule has 0 aliphatic heterocycles. The molecule has 9 heteroatoms. The summed E-state index contributed by atoms with van der Waals surface area (Å²) in [7, 11) is 0. The molecule has 2 amide bonds. The smallest absolute Gasteiger partial charge is 0.325 e. The van der Waals surface area contributed by atoms with Crippen LogP contribution in [0.2, 0.25) is 0 Å². The first kappa shape index (κ1) is 36.1. The van der Waals surface area contributed by atoms with Gasteiger partial charge in [-0.3, -0.25) is 19.2 Å². The third-order valence-corrected chi connectivity index (χ3v) is 7.77. The third kappa shape index (κ3) is 14.0. The van der Waals surface area contributed by atoms with E-state index in [4.69, 9.17) is 10.5 Å². The molecule has 0 unspecified atom stereocenters. The number of esters is 1. The van der Waals surface area contributed by atoms with E-state index in [1.165, 1.54) is 26.2 Å². The van der Waals surface area contributed by atoms with Gasteiger partial charge in [0.15, 0.2) is 0 Å². The van der Waals surface area contributed by atoms with Crippen molar-refractivity contribution in [1.29, 1.82) is 0 Å². The Balaban J connectivity index is 3.03. The molecule has 0 aliphatic rings. The minimum atomic E-state index is -1.17. The van der Waals surface area contributed by atoms with E-state index in [9.17, 15) is 24.3 Å². The van der Waals surface area contributed by atoms with Gasteiger partial charge in [-0.25, -0.2) is 0 Å². The Morgan fingerprint density at radius 1 is 0.902 bits per heavy atom. The third-order valence-electron chi connectivity index (χ3n) is 7.77. The van der Waals surface area contributed by atoms with Gasteiger partial charge in [0.05, 0.1) is 6.42 Å². The Hall–Kier alpha value is -2.94. The summed E-state index contributed by atoms with van der Waals surface area (Å²) < 4.78 is 5.83. The lowest BCUT2D eigenvalue weighted by Crippen LogP contribution is -2.52. The molecule has 1 aromatic carbocycles. The zero-order valence-corrected chi connectivity index (χ0v) is 25.9. The average molecular weight is 576 g/mol. The van der Waals surface area contributed by atoms with E-state index in [0.717, 1.165) is 43.2 Å². The normalized spacial score (nSPS) is 15.6. The summed E-state index contributed by atoms with van der Waals surface area (Å²) in [6, 6.07) is 4.65. The van der Waals surface area contributed by atoms with Crippen LogP contribution in [0.25, 0.3) is 0 Å². The number of unbranched alkanes of at least 4 members (excludes halogenated alkanes) is 5. The first-order valence-corrected chi connectivity index (χ1v) is 15.2. The fourth-order valence-corrected chi connectivity index (χ4v) is 4.49. The number of ether oxygens (including phenoxy) is 1. The first-order chi connectivity index (χ1) is 19.4. The molecule has 0 fully saturated rings. The van der Waals surface area contributed by atoms with E-state index < -0.39 is 48.0 Å². The van der Waals surface area contributed by atoms with E-state index >= 15 is 0 Å². The predicted octanol–water partition coefficient (Wildman–Crippen LogP) is 4.67. The molecule has 1 rings (SSSR count). The van der Waals surface area contributed by atoms with E-state index in [2.05, 4.69) is 17.6 Å². The highest BCUT2D eigenvalue weighted by molar-refractivity contribution is 5.90. The quantitative estimate of drug-likeness (QED) is 0.130. The number of nitrogens with two attached hydrogens (primary N) is 1. The SMILES string of the molecule is CCCCCCCC[C@H](C)[C@H](CC(=O)N[C@@H](Cc1ccc(C)cc1)C(=O)N[C@@H](C)C(=O)O)OC(=O)[C@H](N)[C@@H](C)CC. The van der Waals surface area contributed by atoms with E-state index in [0.29, 0.717) is 0 Å². The maximum atomic E-state index is 13.3. The van der Waals surface area contributed by atoms with Crippen LogP contribution in [0.5, 0.6) is 0 Å². The number of carboxylic acids is 1. The lowest BCUT2D eigenvalue weighted by atomic mass is 9.93. The molecule has 6 atom stereocenters. The van der Waals surface area contributed by atoms with Crippen LogP contribution in [0, 0.1) is 18.8 Å². The van der Waals surface area contributed by atoms with E-state index in [-0.39, 0.29) is 24.7 Å². The lowest BCUT2D eigenvalue weighted by molar-refractivity contribution is -0.156. The van der Waals surface area contributed by atoms with Crippen LogP contribution in [0.1, 0.15) is 104 Å². The highest BCUT2D eigenvalue weighted by Gasteiger charge is 2.31. The van der Waals surface area contributed by atoms with Crippen LogP contribution >= 0.6 is 0 Å². The van der Waals surface area contributed by atoms with Crippen LogP contribution in [-0.4, -0.2) is 53.1 Å². The summed E-state index contributed by atoms with van der Waals surface area (Å²) >= 11 is 0. The summed E-state index contributed by atoms with van der Waals surface area (Å²) in [5.41, 5.74) is 8.00. The Morgan fingerprint density at radius 2 is 1.51 bits per heavy atom. The molecule has 0 saturated carbocycles. The molecule has 0 heterocycles. The van der Waals surface area contributed by atoms with Crippen molar-refractivity contribution in [2.24, 2.45) is 17.6 Å². The average Bonchev–Trinajstić information content (AvgIpc) is 2.93. The standard InChI is InChI=1S/C32H53N3O6/c1-7-9-10-11-12-13-14-23(5)27(41-32(40)29(33)22(4)8-2)20-28(36)35-26(30(37)34-24(6)31(38)39)19-25-17-15-21(3)16-18-25/h15-18,22-24,26-27,29H,7-14,19-20,33H2,1-6H3,(H,34,37)(H,35,36)(H,38,39)/t22-,23-,24-,26-,27-,29+/m0/s1. The molecule has 5 N–H and O–H groups in total. The van der Waals surface area contributed by atoms with Gasteiger partial charge in [0.2, 0.25) is 11.8 Å². The van der Waals surface area contributed by atoms with Crippen molar-refractivity contribution in [3.63, 3.8) is 0 Å². The summed E-state index contributed by atoms with van der Waals surface area (Å²) in [6.07, 6.45) is 7.64. The first-order valence-electron chi connectivity index (χ1n) is 15.2. The highest BCUT2D eigenvalue weighted by atomic mass is 16.5. The number of amides is 2. The lowest BCUT2D eigenvalue weighted by Gasteiger charge is -2.27. The fraction of sp³-hybridized carbons (Fsp3) is 0.688. The molecule has 0 spiro atoms. The molecule has 0 radical (unpaired) electrons. The monoisotopic (exact) mass is 575 g/mol. The minimum Gasteiger partial charge on any atom is -0.480 e. The van der Waals surface area contributed by atoms with Gasteiger partial charge < -0.3 is 26.2 Å². The predicted molar refractivity (Wildman–Crippen MR) is 161 cm³/mol. The molecular weight excluding hydrogens is 522 g/mol. The van der Waals surface area contributed by atoms with Gasteiger partial charge >= 0.3 is 11.9 Å². The van der Waals surface area contributed by atoms with Crippen molar-refractivity contribution in [1.82, 2.24) is 10.6 Å². The van der Waals surface area contributed by atoms with Gasteiger partial charge in [0.25, 0.3) is 0 Å².